The molecule has 3 radical (unpaired) electrons. The van der Waals surface area contributed by atoms with Gasteiger partial charge in [-0.25, -0.2) is 15.0 Å². The zero-order valence-electron chi connectivity index (χ0n) is 133. The maximum Gasteiger partial charge on any atom is 0.216 e. The van der Waals surface area contributed by atoms with E-state index in [1.54, 1.807) is 172 Å². The number of rotatable bonds is 13. The van der Waals surface area contributed by atoms with Gasteiger partial charge in [0, 0.05) is 199 Å². The molecular formula is C134H133Ir3N9O3-6. The Labute approximate surface area is 992 Å². The molecule has 0 aliphatic heterocycles. The van der Waals surface area contributed by atoms with Crippen LogP contribution in [0.15, 0.2) is 281 Å². The summed E-state index contributed by atoms with van der Waals surface area (Å²) in [6.45, 7) is -11.5. The monoisotopic (exact) mass is 2550 g/mol. The van der Waals surface area contributed by atoms with Crippen LogP contribution < -0.4 is 0 Å². The molecule has 0 aliphatic rings. The van der Waals surface area contributed by atoms with E-state index in [0.29, 0.717) is 111 Å². The average Bonchev–Trinajstić information content (AvgIpc) is 1.72. The number of hydrogen-bond donors (Lipinski definition) is 0. The Morgan fingerprint density at radius 2 is 0.557 bits per heavy atom. The molecule has 0 N–H and O–H groups in total. The summed E-state index contributed by atoms with van der Waals surface area (Å²) in [5, 5.41) is 3.53. The van der Waals surface area contributed by atoms with Crippen molar-refractivity contribution < 1.29 is 142 Å². The fourth-order valence-electron chi connectivity index (χ4n) is 15.8. The molecule has 12 heterocycles. The van der Waals surface area contributed by atoms with Crippen molar-refractivity contribution in [3.63, 3.8) is 0 Å². The average molecular weight is 2540 g/mol. The number of nitrogens with zero attached hydrogens (tertiary/aromatic N) is 9. The first kappa shape index (κ1) is 63.0. The van der Waals surface area contributed by atoms with Gasteiger partial charge in [-0.05, 0) is 300 Å². The second-order valence-corrected chi connectivity index (χ2v) is 38.6. The molecule has 0 fully saturated rings. The molecule has 0 unspecified atom stereocenters. The van der Waals surface area contributed by atoms with Gasteiger partial charge in [0.05, 0.1) is 16.7 Å². The topological polar surface area (TPSA) is 155 Å². The van der Waals surface area contributed by atoms with Crippen molar-refractivity contribution >= 4 is 66.2 Å². The molecule has 0 aliphatic carbocycles. The van der Waals surface area contributed by atoms with Gasteiger partial charge >= 0.3 is 0 Å². The Morgan fingerprint density at radius 3 is 0.852 bits per heavy atom. The van der Waals surface area contributed by atoms with E-state index in [9.17, 15) is 0 Å². The Morgan fingerprint density at radius 1 is 0.248 bits per heavy atom. The van der Waals surface area contributed by atoms with Crippen LogP contribution in [0.3, 0.4) is 0 Å². The molecule has 12 aromatic heterocycles. The third kappa shape index (κ3) is 28.4. The van der Waals surface area contributed by atoms with Crippen molar-refractivity contribution in [2.45, 2.75) is 211 Å². The van der Waals surface area contributed by atoms with E-state index in [0.717, 1.165) is 0 Å². The third-order valence-corrected chi connectivity index (χ3v) is 22.3. The Balaban J connectivity index is 0.000000197. The van der Waals surface area contributed by atoms with Gasteiger partial charge in [0.25, 0.3) is 0 Å². The fourth-order valence-corrected chi connectivity index (χ4v) is 15.8. The quantitative estimate of drug-likeness (QED) is 0.101. The molecule has 149 heavy (non-hydrogen) atoms. The molecule has 12 nitrogen and oxygen atoms in total. The van der Waals surface area contributed by atoms with Crippen molar-refractivity contribution in [3.8, 4) is 101 Å². The van der Waals surface area contributed by atoms with E-state index < -0.39 is 143 Å². The van der Waals surface area contributed by atoms with Crippen LogP contribution in [0.25, 0.3) is 167 Å². The fraction of sp³-hybridized carbons (Fsp3) is 0.261. The van der Waals surface area contributed by atoms with Crippen molar-refractivity contribution in [3.05, 3.63) is 410 Å². The van der Waals surface area contributed by atoms with Gasteiger partial charge in [0.2, 0.25) is 17.1 Å². The maximum absolute atomic E-state index is 8.69. The van der Waals surface area contributed by atoms with Crippen LogP contribution in [0.5, 0.6) is 0 Å². The van der Waals surface area contributed by atoms with E-state index in [4.69, 9.17) is 81.8 Å². The predicted molar refractivity (Wildman–Crippen MR) is 606 cm³/mol. The van der Waals surface area contributed by atoms with Crippen molar-refractivity contribution in [1.29, 1.82) is 0 Å². The molecule has 0 amide bonds. The number of hydrogen-bond acceptors (Lipinski definition) is 12. The number of furan rings is 3. The van der Waals surface area contributed by atoms with Crippen molar-refractivity contribution in [2.75, 3.05) is 0 Å². The van der Waals surface area contributed by atoms with Crippen LogP contribution in [0.4, 0.5) is 0 Å². The van der Waals surface area contributed by atoms with E-state index in [1.807, 2.05) is 20.8 Å². The second kappa shape index (κ2) is 48.1. The van der Waals surface area contributed by atoms with Gasteiger partial charge in [0.15, 0.2) is 0 Å². The third-order valence-electron chi connectivity index (χ3n) is 22.3. The second-order valence-electron chi connectivity index (χ2n) is 38.6. The predicted octanol–water partition coefficient (Wildman–Crippen LogP) is 35.2. The maximum atomic E-state index is 8.69. The molecular weight excluding hydrogens is 2360 g/mol. The number of pyridine rings is 9. The van der Waals surface area contributed by atoms with Crippen LogP contribution >= 0.6 is 0 Å². The zero-order chi connectivity index (χ0) is 146. The van der Waals surface area contributed by atoms with Crippen molar-refractivity contribution in [1.82, 2.24) is 44.9 Å². The molecule has 0 saturated carbocycles. The van der Waals surface area contributed by atoms with Gasteiger partial charge in [0.1, 0.15) is 0 Å². The minimum atomic E-state index is -2.70. The largest absolute Gasteiger partial charge is 0.486 e. The summed E-state index contributed by atoms with van der Waals surface area (Å²) in [5.41, 5.74) is 5.21. The minimum Gasteiger partial charge on any atom is -0.486 e. The summed E-state index contributed by atoms with van der Waals surface area (Å²) in [6, 6.07) is 75.9. The molecule has 21 rings (SSSR count). The Hall–Kier alpha value is -13.3. The first-order chi connectivity index (χ1) is 89.5. The summed E-state index contributed by atoms with van der Waals surface area (Å²) in [5.74, 6) is 0. The SMILES string of the molecule is [2H]C([2H])([2H])c1c[c-]c(-c2cc(C)c(C([2H])([2H])[2H])cn2)cc1.[2H]C([2H])([2H])c1c[c-]c(-c2ccc(C([2H])([2H])C(C)(C)C)cn2)cc1.[2H]C([2H])([2H])c1c[c-]c(-c2ccc(C([2H])([2H])[2H])cn2)cc1.[2H]C([2H])([2H])c1ccc2c(n1)oc1c(-c3cc(-c4ccc(C([2H])([2H])C(C)(C)C)cc4C([2H])([2H])[2H])c(C([2H])([2H])[2H])cn3)[c-]ccc12.[2H]C([2H])([2H])c1ccc2c(n1)oc1c(-c3cc(-c4ccc(C([2H])([2H])C(C)(C)C)cc4C([2H])([2H])[2H])c(C([2H])([2H])[2H])cn3)[c-]ccc12.[2H]C([2H])([2H])c1ccc2c(n1)oc1c(-c3cc(-c4ccc(C([2H])([2H])C(C)(C)C)cc4C([2H])([2H])[2H])c(C([2H])([2H])[2H])cn3)[c-]ccc12.[Ir].[Ir].[Ir]. The van der Waals surface area contributed by atoms with E-state index in [-0.39, 0.29) is 223 Å². The molecule has 0 bridgehead atoms. The number of aromatic nitrogens is 9. The van der Waals surface area contributed by atoms with Gasteiger partial charge in [-0.1, -0.05) is 245 Å². The Bertz CT molecular complexity index is 9780. The van der Waals surface area contributed by atoms with Crippen LogP contribution in [0.2, 0.25) is 0 Å². The minimum absolute atomic E-state index is 0. The molecule has 21 aromatic rings. The van der Waals surface area contributed by atoms with Gasteiger partial charge in [-0.3, -0.25) is 0 Å². The summed E-state index contributed by atoms with van der Waals surface area (Å²) in [4.78, 5) is 38.3. The summed E-state index contributed by atoms with van der Waals surface area (Å²) in [6.07, 6.45) is 0.525. The summed E-state index contributed by atoms with van der Waals surface area (Å²) in [7, 11) is 0. The molecule has 15 heteroatoms. The summed E-state index contributed by atoms with van der Waals surface area (Å²) >= 11 is 0. The molecule has 9 aromatic carbocycles. The van der Waals surface area contributed by atoms with Crippen LogP contribution in [0.1, 0.15) is 258 Å². The smallest absolute Gasteiger partial charge is 0.216 e. The van der Waals surface area contributed by atoms with Crippen LogP contribution in [-0.4, -0.2) is 44.9 Å². The first-order valence-electron chi connectivity index (χ1n) is 71.2. The normalized spacial score (nSPS) is 17.9. The van der Waals surface area contributed by atoms with E-state index >= 15 is 0 Å². The van der Waals surface area contributed by atoms with Gasteiger partial charge in [-0.15, -0.1) is 161 Å². The molecule has 0 saturated heterocycles. The molecule has 0 atom stereocenters. The van der Waals surface area contributed by atoms with E-state index in [2.05, 4.69) is 81.3 Å². The van der Waals surface area contributed by atoms with Gasteiger partial charge < -0.3 is 43.2 Å². The number of benzene rings is 9. The Kier molecular flexibility index (Phi) is 20.3. The number of fused-ring (bicyclic) bond motifs is 9. The van der Waals surface area contributed by atoms with Gasteiger partial charge in [-0.2, -0.15) is 0 Å². The number of aryl methyl sites for hydroxylation is 15. The van der Waals surface area contributed by atoms with Crippen LogP contribution in [0, 0.1) is 161 Å². The summed E-state index contributed by atoms with van der Waals surface area (Å²) < 4.78 is 414. The first-order valence-corrected chi connectivity index (χ1v) is 46.2. The van der Waals surface area contributed by atoms with Crippen LogP contribution in [-0.2, 0) is 85.8 Å². The standard InChI is InChI=1S/3C30H29N2O.C17H20N.C14H14N.C13H12N.3Ir/c3*1-18-14-21(16-30(4,5)6)11-13-22(18)26-15-27(31-17-19(26)2)25-9-7-8-23-24-12-10-20(3)32-29(24)33-28(23)25;1-13-5-8-15(9-6-13)16-10-7-14(12-18-16)11-17(2,3)4;1-10-4-6-13(7-5-10)14-8-11(2)12(3)9-15-14;1-10-3-6-12(7-4-10)13-8-5-11(2)9-14-13;;;/h3*7-8,10-15,17H,16H2,1-6H3;5-8,10,12H,11H2,1-4H3;4-6,8-9H,1-3H3;3-6,8-9H,1-2H3;;;/q6*-1;;;/i3*1D3,2D3,3D3,16D2;1D3,11D2;1D3,3D3;1D3,2D3;;;. The van der Waals surface area contributed by atoms with E-state index in [1.165, 1.54) is 165 Å². The zero-order valence-corrected chi connectivity index (χ0v) is 90.3. The molecule has 765 valence electrons. The van der Waals surface area contributed by atoms with Crippen molar-refractivity contribution in [2.24, 2.45) is 21.7 Å². The molecule has 0 spiro atoms.